The first-order valence-electron chi connectivity index (χ1n) is 4.56. The van der Waals surface area contributed by atoms with Gasteiger partial charge in [0.2, 0.25) is 0 Å². The number of halogens is 1. The highest BCUT2D eigenvalue weighted by molar-refractivity contribution is 6.17. The molecule has 0 amide bonds. The molecule has 2 heteroatoms. The van der Waals surface area contributed by atoms with Crippen LogP contribution in [0.1, 0.15) is 27.9 Å². The van der Waals surface area contributed by atoms with E-state index in [1.165, 1.54) is 5.56 Å². The first kappa shape index (κ1) is 11.0. The number of aryl methyl sites for hydroxylation is 1. The van der Waals surface area contributed by atoms with Crippen LogP contribution in [0.2, 0.25) is 0 Å². The zero-order chi connectivity index (χ0) is 10.4. The molecular formula is C12H13ClO. The normalized spacial score (nSPS) is 10.7. The van der Waals surface area contributed by atoms with Gasteiger partial charge < -0.3 is 0 Å². The highest BCUT2D eigenvalue weighted by atomic mass is 35.5. The number of benzene rings is 1. The summed E-state index contributed by atoms with van der Waals surface area (Å²) in [5.41, 5.74) is 2.96. The van der Waals surface area contributed by atoms with Crippen molar-refractivity contribution in [2.45, 2.75) is 13.3 Å². The summed E-state index contributed by atoms with van der Waals surface area (Å²) in [4.78, 5) is 10.6. The van der Waals surface area contributed by atoms with Crippen molar-refractivity contribution in [3.05, 3.63) is 41.0 Å². The van der Waals surface area contributed by atoms with Gasteiger partial charge in [0.05, 0.1) is 0 Å². The summed E-state index contributed by atoms with van der Waals surface area (Å²) >= 11 is 5.56. The van der Waals surface area contributed by atoms with Gasteiger partial charge in [0, 0.05) is 11.4 Å². The van der Waals surface area contributed by atoms with Crippen molar-refractivity contribution in [1.82, 2.24) is 0 Å². The Bertz CT molecular complexity index is 342. The van der Waals surface area contributed by atoms with Gasteiger partial charge in [-0.1, -0.05) is 24.3 Å². The minimum atomic E-state index is 0.628. The summed E-state index contributed by atoms with van der Waals surface area (Å²) in [5, 5.41) is 0. The zero-order valence-electron chi connectivity index (χ0n) is 8.16. The van der Waals surface area contributed by atoms with Gasteiger partial charge in [-0.25, -0.2) is 0 Å². The molecule has 0 unspecified atom stereocenters. The number of alkyl halides is 1. The average molecular weight is 209 g/mol. The smallest absolute Gasteiger partial charge is 0.150 e. The van der Waals surface area contributed by atoms with E-state index in [1.54, 1.807) is 0 Å². The summed E-state index contributed by atoms with van der Waals surface area (Å²) < 4.78 is 0. The Morgan fingerprint density at radius 1 is 1.43 bits per heavy atom. The second kappa shape index (κ2) is 5.61. The lowest BCUT2D eigenvalue weighted by molar-refractivity contribution is 0.112. The number of hydrogen-bond donors (Lipinski definition) is 0. The third-order valence-electron chi connectivity index (χ3n) is 2.01. The van der Waals surface area contributed by atoms with Crippen LogP contribution in [0, 0.1) is 6.92 Å². The molecule has 0 saturated heterocycles. The zero-order valence-corrected chi connectivity index (χ0v) is 8.92. The highest BCUT2D eigenvalue weighted by Gasteiger charge is 1.95. The van der Waals surface area contributed by atoms with Gasteiger partial charge in [-0.2, -0.15) is 0 Å². The monoisotopic (exact) mass is 208 g/mol. The molecule has 0 fully saturated rings. The van der Waals surface area contributed by atoms with Crippen molar-refractivity contribution in [3.8, 4) is 0 Å². The van der Waals surface area contributed by atoms with Crippen molar-refractivity contribution in [3.63, 3.8) is 0 Å². The quantitative estimate of drug-likeness (QED) is 0.547. The second-order valence-electron chi connectivity index (χ2n) is 3.11. The lowest BCUT2D eigenvalue weighted by Crippen LogP contribution is -1.85. The molecule has 0 aliphatic carbocycles. The summed E-state index contributed by atoms with van der Waals surface area (Å²) in [6.07, 6.45) is 5.74. The van der Waals surface area contributed by atoms with E-state index < -0.39 is 0 Å². The van der Waals surface area contributed by atoms with Crippen LogP contribution in [-0.4, -0.2) is 12.2 Å². The number of aldehydes is 1. The van der Waals surface area contributed by atoms with Crippen LogP contribution >= 0.6 is 11.6 Å². The predicted molar refractivity (Wildman–Crippen MR) is 60.9 cm³/mol. The summed E-state index contributed by atoms with van der Waals surface area (Å²) in [6.45, 7) is 2.02. The SMILES string of the molecule is Cc1ccc(C=O)cc1C=CCCCl. The van der Waals surface area contributed by atoms with Crippen LogP contribution in [0.5, 0.6) is 0 Å². The summed E-state index contributed by atoms with van der Waals surface area (Å²) in [7, 11) is 0. The number of hydrogen-bond acceptors (Lipinski definition) is 1. The van der Waals surface area contributed by atoms with Gasteiger partial charge in [-0.3, -0.25) is 4.79 Å². The minimum Gasteiger partial charge on any atom is -0.298 e. The molecule has 0 aliphatic heterocycles. The number of carbonyl (C=O) groups excluding carboxylic acids is 1. The lowest BCUT2D eigenvalue weighted by Gasteiger charge is -2.00. The topological polar surface area (TPSA) is 17.1 Å². The van der Waals surface area contributed by atoms with E-state index in [0.717, 1.165) is 18.3 Å². The van der Waals surface area contributed by atoms with E-state index in [0.29, 0.717) is 11.4 Å². The van der Waals surface area contributed by atoms with Gasteiger partial charge in [0.1, 0.15) is 6.29 Å². The molecule has 14 heavy (non-hydrogen) atoms. The fraction of sp³-hybridized carbons (Fsp3) is 0.250. The molecule has 1 aromatic carbocycles. The molecule has 0 saturated carbocycles. The van der Waals surface area contributed by atoms with E-state index in [4.69, 9.17) is 11.6 Å². The maximum atomic E-state index is 10.6. The van der Waals surface area contributed by atoms with Crippen LogP contribution in [0.15, 0.2) is 24.3 Å². The molecule has 0 radical (unpaired) electrons. The molecule has 0 bridgehead atoms. The van der Waals surface area contributed by atoms with Crippen molar-refractivity contribution < 1.29 is 4.79 Å². The third-order valence-corrected chi connectivity index (χ3v) is 2.23. The largest absolute Gasteiger partial charge is 0.298 e. The van der Waals surface area contributed by atoms with E-state index in [9.17, 15) is 4.79 Å². The first-order valence-corrected chi connectivity index (χ1v) is 5.09. The second-order valence-corrected chi connectivity index (χ2v) is 3.49. The molecule has 0 aliphatic rings. The number of rotatable bonds is 4. The molecule has 1 rings (SSSR count). The highest BCUT2D eigenvalue weighted by Crippen LogP contribution is 2.12. The van der Waals surface area contributed by atoms with E-state index >= 15 is 0 Å². The Labute approximate surface area is 89.4 Å². The van der Waals surface area contributed by atoms with E-state index in [-0.39, 0.29) is 0 Å². The standard InChI is InChI=1S/C12H13ClO/c1-10-5-6-11(9-14)8-12(10)4-2-3-7-13/h2,4-6,8-9H,3,7H2,1H3. The molecule has 1 nitrogen and oxygen atoms in total. The van der Waals surface area contributed by atoms with Crippen LogP contribution < -0.4 is 0 Å². The number of carbonyl (C=O) groups is 1. The maximum Gasteiger partial charge on any atom is 0.150 e. The Hall–Kier alpha value is -1.08. The van der Waals surface area contributed by atoms with Crippen molar-refractivity contribution in [1.29, 1.82) is 0 Å². The maximum absolute atomic E-state index is 10.6. The third kappa shape index (κ3) is 3.00. The average Bonchev–Trinajstić information content (AvgIpc) is 2.21. The Balaban J connectivity index is 2.89. The molecule has 74 valence electrons. The molecule has 0 heterocycles. The fourth-order valence-electron chi connectivity index (χ4n) is 1.19. The van der Waals surface area contributed by atoms with Crippen LogP contribution in [0.25, 0.3) is 6.08 Å². The predicted octanol–water partition coefficient (Wildman–Crippen LogP) is 3.45. The molecule has 0 aromatic heterocycles. The molecule has 0 atom stereocenters. The van der Waals surface area contributed by atoms with Gasteiger partial charge in [-0.15, -0.1) is 11.6 Å². The van der Waals surface area contributed by atoms with Gasteiger partial charge in [-0.05, 0) is 30.5 Å². The summed E-state index contributed by atoms with van der Waals surface area (Å²) in [6, 6.07) is 5.65. The first-order chi connectivity index (χ1) is 6.77. The molecular weight excluding hydrogens is 196 g/mol. The lowest BCUT2D eigenvalue weighted by atomic mass is 10.1. The van der Waals surface area contributed by atoms with Crippen molar-refractivity contribution in [2.75, 3.05) is 5.88 Å². The van der Waals surface area contributed by atoms with Gasteiger partial charge in [0.15, 0.2) is 0 Å². The van der Waals surface area contributed by atoms with E-state index in [2.05, 4.69) is 0 Å². The van der Waals surface area contributed by atoms with Crippen LogP contribution in [0.4, 0.5) is 0 Å². The van der Waals surface area contributed by atoms with Crippen LogP contribution in [-0.2, 0) is 0 Å². The van der Waals surface area contributed by atoms with E-state index in [1.807, 2.05) is 37.3 Å². The van der Waals surface area contributed by atoms with Crippen molar-refractivity contribution in [2.24, 2.45) is 0 Å². The Kier molecular flexibility index (Phi) is 4.41. The Morgan fingerprint density at radius 3 is 2.86 bits per heavy atom. The van der Waals surface area contributed by atoms with Crippen molar-refractivity contribution >= 4 is 24.0 Å². The van der Waals surface area contributed by atoms with Gasteiger partial charge in [0.25, 0.3) is 0 Å². The Morgan fingerprint density at radius 2 is 2.21 bits per heavy atom. The van der Waals surface area contributed by atoms with Gasteiger partial charge >= 0.3 is 0 Å². The summed E-state index contributed by atoms with van der Waals surface area (Å²) in [5.74, 6) is 0.628. The fourth-order valence-corrected chi connectivity index (χ4v) is 1.31. The number of allylic oxidation sites excluding steroid dienone is 1. The van der Waals surface area contributed by atoms with Crippen LogP contribution in [0.3, 0.4) is 0 Å². The molecule has 1 aromatic rings. The molecule has 0 N–H and O–H groups in total. The molecule has 0 spiro atoms. The minimum absolute atomic E-state index is 0.628.